The molecule has 1 radical (unpaired) electrons. The van der Waals surface area contributed by atoms with Crippen LogP contribution in [0.2, 0.25) is 0 Å². The third-order valence-electron chi connectivity index (χ3n) is 2.82. The highest BCUT2D eigenvalue weighted by molar-refractivity contribution is 5.82. The fourth-order valence-corrected chi connectivity index (χ4v) is 1.69. The highest BCUT2D eigenvalue weighted by atomic mass is 16.6. The van der Waals surface area contributed by atoms with E-state index in [1.165, 1.54) is 5.56 Å². The summed E-state index contributed by atoms with van der Waals surface area (Å²) in [6, 6.07) is 15.6. The van der Waals surface area contributed by atoms with Crippen molar-refractivity contribution < 1.29 is 9.57 Å². The van der Waals surface area contributed by atoms with Gasteiger partial charge in [0.1, 0.15) is 18.6 Å². The molecule has 0 aliphatic heterocycles. The number of rotatable bonds is 5. The van der Waals surface area contributed by atoms with Gasteiger partial charge >= 0.3 is 0 Å². The van der Waals surface area contributed by atoms with Gasteiger partial charge in [-0.15, -0.1) is 0 Å². The van der Waals surface area contributed by atoms with Crippen molar-refractivity contribution in [2.45, 2.75) is 13.5 Å². The minimum absolute atomic E-state index is 0.439. The van der Waals surface area contributed by atoms with Crippen LogP contribution in [0.3, 0.4) is 0 Å². The zero-order valence-electron chi connectivity index (χ0n) is 11.1. The van der Waals surface area contributed by atoms with Crippen LogP contribution in [0, 0.1) is 6.92 Å². The molecule has 0 saturated heterocycles. The topological polar surface area (TPSA) is 30.8 Å². The minimum Gasteiger partial charge on any atom is -0.496 e. The van der Waals surface area contributed by atoms with Crippen molar-refractivity contribution in [1.29, 1.82) is 0 Å². The SMILES string of the molecule is COc1ccccc1/[C]=N\OCc1ccccc1C. The first-order chi connectivity index (χ1) is 9.31. The fraction of sp³-hybridized carbons (Fsp3) is 0.188. The molecule has 97 valence electrons. The van der Waals surface area contributed by atoms with Crippen molar-refractivity contribution in [1.82, 2.24) is 0 Å². The monoisotopic (exact) mass is 254 g/mol. The predicted octanol–water partition coefficient (Wildman–Crippen LogP) is 3.43. The smallest absolute Gasteiger partial charge is 0.143 e. The van der Waals surface area contributed by atoms with Crippen LogP contribution in [-0.4, -0.2) is 13.3 Å². The number of hydrogen-bond donors (Lipinski definition) is 0. The van der Waals surface area contributed by atoms with E-state index in [1.54, 1.807) is 7.11 Å². The molecular weight excluding hydrogens is 238 g/mol. The van der Waals surface area contributed by atoms with E-state index in [4.69, 9.17) is 9.57 Å². The summed E-state index contributed by atoms with van der Waals surface area (Å²) >= 11 is 0. The van der Waals surface area contributed by atoms with Crippen molar-refractivity contribution >= 4 is 6.21 Å². The van der Waals surface area contributed by atoms with Crippen LogP contribution < -0.4 is 4.74 Å². The molecule has 2 aromatic carbocycles. The van der Waals surface area contributed by atoms with Gasteiger partial charge in [-0.1, -0.05) is 41.6 Å². The Kier molecular flexibility index (Phi) is 4.56. The highest BCUT2D eigenvalue weighted by Gasteiger charge is 1.99. The summed E-state index contributed by atoms with van der Waals surface area (Å²) in [6.07, 6.45) is 2.83. The second-order valence-electron chi connectivity index (χ2n) is 4.10. The maximum absolute atomic E-state index is 5.26. The Balaban J connectivity index is 1.96. The van der Waals surface area contributed by atoms with E-state index in [-0.39, 0.29) is 0 Å². The Morgan fingerprint density at radius 3 is 2.58 bits per heavy atom. The second-order valence-corrected chi connectivity index (χ2v) is 4.10. The number of nitrogens with zero attached hydrogens (tertiary/aromatic N) is 1. The summed E-state index contributed by atoms with van der Waals surface area (Å²) in [4.78, 5) is 5.26. The van der Waals surface area contributed by atoms with Gasteiger partial charge in [-0.3, -0.25) is 0 Å². The van der Waals surface area contributed by atoms with E-state index in [9.17, 15) is 0 Å². The largest absolute Gasteiger partial charge is 0.496 e. The molecule has 0 aliphatic carbocycles. The van der Waals surface area contributed by atoms with E-state index < -0.39 is 0 Å². The van der Waals surface area contributed by atoms with E-state index in [1.807, 2.05) is 55.5 Å². The van der Waals surface area contributed by atoms with Crippen LogP contribution in [0.25, 0.3) is 0 Å². The second kappa shape index (κ2) is 6.59. The number of benzene rings is 2. The van der Waals surface area contributed by atoms with Crippen LogP contribution in [0.5, 0.6) is 5.75 Å². The van der Waals surface area contributed by atoms with Gasteiger partial charge in [0.05, 0.1) is 7.11 Å². The summed E-state index contributed by atoms with van der Waals surface area (Å²) in [7, 11) is 1.62. The first-order valence-corrected chi connectivity index (χ1v) is 6.07. The first-order valence-electron chi connectivity index (χ1n) is 6.07. The molecule has 0 saturated carbocycles. The van der Waals surface area contributed by atoms with Gasteiger partial charge in [-0.25, -0.2) is 0 Å². The molecule has 2 aromatic rings. The maximum atomic E-state index is 5.26. The third kappa shape index (κ3) is 3.58. The lowest BCUT2D eigenvalue weighted by molar-refractivity contribution is 0.131. The van der Waals surface area contributed by atoms with Crippen molar-refractivity contribution in [3.05, 3.63) is 65.2 Å². The van der Waals surface area contributed by atoms with Gasteiger partial charge < -0.3 is 9.57 Å². The lowest BCUT2D eigenvalue weighted by Crippen LogP contribution is -1.93. The van der Waals surface area contributed by atoms with E-state index in [0.29, 0.717) is 6.61 Å². The molecule has 2 rings (SSSR count). The highest BCUT2D eigenvalue weighted by Crippen LogP contribution is 2.15. The predicted molar refractivity (Wildman–Crippen MR) is 75.5 cm³/mol. The van der Waals surface area contributed by atoms with Crippen molar-refractivity contribution in [2.75, 3.05) is 7.11 Å². The molecule has 0 aliphatic rings. The zero-order chi connectivity index (χ0) is 13.5. The molecule has 0 amide bonds. The van der Waals surface area contributed by atoms with Gasteiger partial charge in [-0.2, -0.15) is 0 Å². The molecule has 0 atom stereocenters. The zero-order valence-corrected chi connectivity index (χ0v) is 11.1. The Morgan fingerprint density at radius 1 is 1.05 bits per heavy atom. The molecule has 0 unspecified atom stereocenters. The van der Waals surface area contributed by atoms with Crippen molar-refractivity contribution in [3.63, 3.8) is 0 Å². The first kappa shape index (κ1) is 13.1. The Labute approximate surface area is 113 Å². The van der Waals surface area contributed by atoms with Crippen LogP contribution in [0.1, 0.15) is 16.7 Å². The van der Waals surface area contributed by atoms with Crippen molar-refractivity contribution in [3.8, 4) is 5.75 Å². The molecule has 3 heteroatoms. The number of ether oxygens (including phenoxy) is 1. The molecule has 19 heavy (non-hydrogen) atoms. The quantitative estimate of drug-likeness (QED) is 0.604. The molecule has 0 spiro atoms. The van der Waals surface area contributed by atoms with Crippen molar-refractivity contribution in [2.24, 2.45) is 5.16 Å². The molecule has 0 aromatic heterocycles. The van der Waals surface area contributed by atoms with Gasteiger partial charge in [-0.05, 0) is 30.2 Å². The van der Waals surface area contributed by atoms with Gasteiger partial charge in [0, 0.05) is 5.56 Å². The van der Waals surface area contributed by atoms with Gasteiger partial charge in [0.25, 0.3) is 0 Å². The number of aryl methyl sites for hydroxylation is 1. The number of methoxy groups -OCH3 is 1. The molecule has 3 nitrogen and oxygen atoms in total. The van der Waals surface area contributed by atoms with E-state index in [0.717, 1.165) is 16.9 Å². The summed E-state index contributed by atoms with van der Waals surface area (Å²) in [6.45, 7) is 2.49. The van der Waals surface area contributed by atoms with Crippen LogP contribution in [-0.2, 0) is 11.4 Å². The van der Waals surface area contributed by atoms with Crippen LogP contribution >= 0.6 is 0 Å². The van der Waals surface area contributed by atoms with Gasteiger partial charge in [0.2, 0.25) is 0 Å². The molecule has 0 fully saturated rings. The van der Waals surface area contributed by atoms with E-state index in [2.05, 4.69) is 11.4 Å². The average Bonchev–Trinajstić information content (AvgIpc) is 2.45. The normalized spacial score (nSPS) is 10.6. The Bertz CT molecular complexity index is 564. The minimum atomic E-state index is 0.439. The molecule has 0 heterocycles. The van der Waals surface area contributed by atoms with Crippen LogP contribution in [0.4, 0.5) is 0 Å². The average molecular weight is 254 g/mol. The lowest BCUT2D eigenvalue weighted by atomic mass is 10.1. The lowest BCUT2D eigenvalue weighted by Gasteiger charge is -2.04. The summed E-state index contributed by atoms with van der Waals surface area (Å²) in [5.74, 6) is 0.728. The molecule has 0 bridgehead atoms. The summed E-state index contributed by atoms with van der Waals surface area (Å²) < 4.78 is 5.20. The van der Waals surface area contributed by atoms with E-state index >= 15 is 0 Å². The summed E-state index contributed by atoms with van der Waals surface area (Å²) in [5.41, 5.74) is 3.08. The number of para-hydroxylation sites is 1. The third-order valence-corrected chi connectivity index (χ3v) is 2.82. The standard InChI is InChI=1S/C16H16NO2/c1-13-7-3-4-9-15(13)12-19-17-11-14-8-5-6-10-16(14)18-2/h3-10H,12H2,1-2H3. The molecular formula is C16H16NO2. The van der Waals surface area contributed by atoms with Crippen LogP contribution in [0.15, 0.2) is 53.7 Å². The fourth-order valence-electron chi connectivity index (χ4n) is 1.69. The molecule has 0 N–H and O–H groups in total. The summed E-state index contributed by atoms with van der Waals surface area (Å²) in [5, 5.41) is 3.86. The van der Waals surface area contributed by atoms with Gasteiger partial charge in [0.15, 0.2) is 0 Å². The number of hydrogen-bond acceptors (Lipinski definition) is 3. The maximum Gasteiger partial charge on any atom is 0.143 e. The Hall–Kier alpha value is -2.29. The Morgan fingerprint density at radius 2 is 1.79 bits per heavy atom.